The number of halogens is 3. The molecule has 0 radical (unpaired) electrons. The van der Waals surface area contributed by atoms with Crippen molar-refractivity contribution >= 4 is 11.6 Å². The molecule has 1 aromatic carbocycles. The summed E-state index contributed by atoms with van der Waals surface area (Å²) in [5.41, 5.74) is 0. The van der Waals surface area contributed by atoms with Gasteiger partial charge >= 0.3 is 0 Å². The van der Waals surface area contributed by atoms with Crippen LogP contribution < -0.4 is 4.74 Å². The summed E-state index contributed by atoms with van der Waals surface area (Å²) in [5, 5.41) is 0. The normalized spacial score (nSPS) is 10.4. The summed E-state index contributed by atoms with van der Waals surface area (Å²) < 4.78 is 31.0. The number of ether oxygens (including phenoxy) is 1. The van der Waals surface area contributed by atoms with Crippen molar-refractivity contribution in [2.24, 2.45) is 0 Å². The van der Waals surface area contributed by atoms with Gasteiger partial charge in [-0.1, -0.05) is 12.8 Å². The Morgan fingerprint density at radius 2 is 1.81 bits per heavy atom. The average Bonchev–Trinajstić information content (AvgIpc) is 2.28. The number of hydrogen-bond acceptors (Lipinski definition) is 1. The molecule has 0 heterocycles. The van der Waals surface area contributed by atoms with E-state index in [2.05, 4.69) is 0 Å². The van der Waals surface area contributed by atoms with Crippen LogP contribution in [0.2, 0.25) is 0 Å². The van der Waals surface area contributed by atoms with Crippen LogP contribution in [0.25, 0.3) is 0 Å². The number of unbranched alkanes of at least 4 members (excludes halogenated alkanes) is 3. The van der Waals surface area contributed by atoms with E-state index in [9.17, 15) is 8.78 Å². The third-order valence-electron chi connectivity index (χ3n) is 2.18. The molecule has 0 unspecified atom stereocenters. The lowest BCUT2D eigenvalue weighted by Crippen LogP contribution is -1.99. The highest BCUT2D eigenvalue weighted by Gasteiger charge is 2.04. The molecule has 0 aromatic heterocycles. The maximum Gasteiger partial charge on any atom is 0.165 e. The zero-order valence-electron chi connectivity index (χ0n) is 9.02. The van der Waals surface area contributed by atoms with Crippen LogP contribution in [0.15, 0.2) is 18.2 Å². The highest BCUT2D eigenvalue weighted by atomic mass is 35.5. The fraction of sp³-hybridized carbons (Fsp3) is 0.500. The van der Waals surface area contributed by atoms with E-state index in [0.717, 1.165) is 43.9 Å². The van der Waals surface area contributed by atoms with Crippen molar-refractivity contribution < 1.29 is 13.5 Å². The molecule has 0 aliphatic rings. The Labute approximate surface area is 99.4 Å². The number of alkyl halides is 1. The van der Waals surface area contributed by atoms with Crippen LogP contribution in [0, 0.1) is 11.6 Å². The molecule has 1 rings (SSSR count). The van der Waals surface area contributed by atoms with Crippen LogP contribution in [-0.2, 0) is 0 Å². The van der Waals surface area contributed by atoms with E-state index in [4.69, 9.17) is 16.3 Å². The molecule has 16 heavy (non-hydrogen) atoms. The van der Waals surface area contributed by atoms with Gasteiger partial charge in [0.25, 0.3) is 0 Å². The maximum atomic E-state index is 13.1. The Kier molecular flexibility index (Phi) is 6.16. The molecule has 0 aliphatic heterocycles. The molecule has 0 atom stereocenters. The van der Waals surface area contributed by atoms with E-state index in [-0.39, 0.29) is 5.75 Å². The number of hydrogen-bond donors (Lipinski definition) is 0. The van der Waals surface area contributed by atoms with Gasteiger partial charge in [0.1, 0.15) is 5.82 Å². The second-order valence-electron chi connectivity index (χ2n) is 3.53. The minimum atomic E-state index is -0.526. The number of rotatable bonds is 7. The van der Waals surface area contributed by atoms with Crippen molar-refractivity contribution in [2.75, 3.05) is 12.5 Å². The lowest BCUT2D eigenvalue weighted by atomic mass is 10.2. The Morgan fingerprint density at radius 3 is 2.56 bits per heavy atom. The molecule has 0 spiro atoms. The van der Waals surface area contributed by atoms with Crippen molar-refractivity contribution in [3.8, 4) is 5.75 Å². The minimum absolute atomic E-state index is 0.0163. The second-order valence-corrected chi connectivity index (χ2v) is 3.90. The summed E-state index contributed by atoms with van der Waals surface area (Å²) in [4.78, 5) is 0. The molecule has 0 amide bonds. The predicted molar refractivity (Wildman–Crippen MR) is 61.0 cm³/mol. The Morgan fingerprint density at radius 1 is 1.06 bits per heavy atom. The van der Waals surface area contributed by atoms with Crippen LogP contribution in [0.3, 0.4) is 0 Å². The summed E-state index contributed by atoms with van der Waals surface area (Å²) >= 11 is 5.53. The summed E-state index contributed by atoms with van der Waals surface area (Å²) in [7, 11) is 0. The van der Waals surface area contributed by atoms with E-state index in [0.29, 0.717) is 12.5 Å². The monoisotopic (exact) mass is 248 g/mol. The lowest BCUT2D eigenvalue weighted by Gasteiger charge is -2.06. The van der Waals surface area contributed by atoms with E-state index >= 15 is 0 Å². The molecule has 0 bridgehead atoms. The standard InChI is InChI=1S/C12H15ClF2O/c13-7-3-1-2-4-8-16-12-9-10(14)5-6-11(12)15/h5-6,9H,1-4,7-8H2. The SMILES string of the molecule is Fc1ccc(F)c(OCCCCCCCl)c1. The van der Waals surface area contributed by atoms with Crippen molar-refractivity contribution in [1.82, 2.24) is 0 Å². The van der Waals surface area contributed by atoms with Crippen molar-refractivity contribution in [2.45, 2.75) is 25.7 Å². The van der Waals surface area contributed by atoms with E-state index < -0.39 is 11.6 Å². The highest BCUT2D eigenvalue weighted by Crippen LogP contribution is 2.18. The topological polar surface area (TPSA) is 9.23 Å². The zero-order valence-corrected chi connectivity index (χ0v) is 9.77. The van der Waals surface area contributed by atoms with Crippen LogP contribution in [0.5, 0.6) is 5.75 Å². The zero-order chi connectivity index (χ0) is 11.8. The van der Waals surface area contributed by atoms with Gasteiger partial charge in [-0.25, -0.2) is 8.78 Å². The average molecular weight is 249 g/mol. The van der Waals surface area contributed by atoms with Gasteiger partial charge < -0.3 is 4.74 Å². The minimum Gasteiger partial charge on any atom is -0.490 e. The van der Waals surface area contributed by atoms with Gasteiger partial charge in [0.05, 0.1) is 6.61 Å². The molecular formula is C12H15ClF2O. The van der Waals surface area contributed by atoms with Crippen LogP contribution >= 0.6 is 11.6 Å². The Hall–Kier alpha value is -0.830. The van der Waals surface area contributed by atoms with Gasteiger partial charge in [-0.3, -0.25) is 0 Å². The second kappa shape index (κ2) is 7.44. The summed E-state index contributed by atoms with van der Waals surface area (Å²) in [5.74, 6) is -0.364. The summed E-state index contributed by atoms with van der Waals surface area (Å²) in [6.45, 7) is 0.405. The molecule has 1 nitrogen and oxygen atoms in total. The fourth-order valence-corrected chi connectivity index (χ4v) is 1.51. The van der Waals surface area contributed by atoms with Crippen molar-refractivity contribution in [3.05, 3.63) is 29.8 Å². The first-order valence-corrected chi connectivity index (χ1v) is 5.91. The van der Waals surface area contributed by atoms with Crippen LogP contribution in [0.1, 0.15) is 25.7 Å². The van der Waals surface area contributed by atoms with Gasteiger partial charge in [-0.05, 0) is 25.0 Å². The predicted octanol–water partition coefficient (Wildman–Crippen LogP) is 4.14. The first-order valence-electron chi connectivity index (χ1n) is 5.38. The molecule has 90 valence electrons. The smallest absolute Gasteiger partial charge is 0.165 e. The van der Waals surface area contributed by atoms with Crippen LogP contribution in [0.4, 0.5) is 8.78 Å². The molecular weight excluding hydrogens is 234 g/mol. The van der Waals surface area contributed by atoms with Crippen molar-refractivity contribution in [1.29, 1.82) is 0 Å². The summed E-state index contributed by atoms with van der Waals surface area (Å²) in [6.07, 6.45) is 3.84. The first kappa shape index (κ1) is 13.2. The Bertz CT molecular complexity index is 318. The molecule has 0 N–H and O–H groups in total. The summed E-state index contributed by atoms with van der Waals surface area (Å²) in [6, 6.07) is 3.20. The van der Waals surface area contributed by atoms with E-state index in [1.165, 1.54) is 0 Å². The van der Waals surface area contributed by atoms with Gasteiger partial charge in [0, 0.05) is 11.9 Å². The maximum absolute atomic E-state index is 13.1. The highest BCUT2D eigenvalue weighted by molar-refractivity contribution is 6.17. The Balaban J connectivity index is 2.23. The lowest BCUT2D eigenvalue weighted by molar-refractivity contribution is 0.289. The molecule has 1 aromatic rings. The molecule has 0 saturated heterocycles. The third-order valence-corrected chi connectivity index (χ3v) is 2.45. The fourth-order valence-electron chi connectivity index (χ4n) is 1.32. The van der Waals surface area contributed by atoms with Gasteiger partial charge in [-0.2, -0.15) is 0 Å². The van der Waals surface area contributed by atoms with E-state index in [1.54, 1.807) is 0 Å². The van der Waals surface area contributed by atoms with Gasteiger partial charge in [0.2, 0.25) is 0 Å². The molecule has 4 heteroatoms. The molecule has 0 saturated carbocycles. The molecule has 0 aliphatic carbocycles. The van der Waals surface area contributed by atoms with Gasteiger partial charge in [-0.15, -0.1) is 11.6 Å². The first-order chi connectivity index (χ1) is 7.74. The number of benzene rings is 1. The van der Waals surface area contributed by atoms with Crippen molar-refractivity contribution in [3.63, 3.8) is 0 Å². The quantitative estimate of drug-likeness (QED) is 0.520. The van der Waals surface area contributed by atoms with Gasteiger partial charge in [0.15, 0.2) is 11.6 Å². The van der Waals surface area contributed by atoms with E-state index in [1.807, 2.05) is 0 Å². The van der Waals surface area contributed by atoms with Crippen LogP contribution in [-0.4, -0.2) is 12.5 Å². The molecule has 0 fully saturated rings. The largest absolute Gasteiger partial charge is 0.490 e. The third kappa shape index (κ3) is 4.79.